The highest BCUT2D eigenvalue weighted by atomic mass is 19.1. The number of aromatic amines is 1. The van der Waals surface area contributed by atoms with Crippen molar-refractivity contribution in [3.8, 4) is 45.3 Å². The summed E-state index contributed by atoms with van der Waals surface area (Å²) in [4.78, 5) is 24.4. The number of benzene rings is 3. The second-order valence-corrected chi connectivity index (χ2v) is 11.5. The van der Waals surface area contributed by atoms with Crippen LogP contribution in [0.1, 0.15) is 22.0 Å². The molecule has 2 N–H and O–H groups in total. The van der Waals surface area contributed by atoms with E-state index in [1.54, 1.807) is 32.4 Å². The highest BCUT2D eigenvalue weighted by Gasteiger charge is 2.17. The van der Waals surface area contributed by atoms with Crippen LogP contribution in [0, 0.1) is 25.5 Å². The summed E-state index contributed by atoms with van der Waals surface area (Å²) >= 11 is 0. The fraction of sp³-hybridized carbons (Fsp3) is 0.162. The molecule has 0 spiro atoms. The molecule has 4 aromatic heterocycles. The summed E-state index contributed by atoms with van der Waals surface area (Å²) in [7, 11) is 7.05. The lowest BCUT2D eigenvalue weighted by Crippen LogP contribution is -1.97. The number of imidazole rings is 2. The topological polar surface area (TPSA) is 125 Å². The van der Waals surface area contributed by atoms with Crippen molar-refractivity contribution >= 4 is 28.8 Å². The third kappa shape index (κ3) is 6.79. The van der Waals surface area contributed by atoms with E-state index in [1.807, 2.05) is 79.8 Å². The molecular weight excluding hydrogens is 642 g/mol. The number of pyridine rings is 1. The van der Waals surface area contributed by atoms with Crippen LogP contribution in [-0.4, -0.2) is 54.8 Å². The number of carbonyl (C=O) groups excluding carboxylic acids is 1. The Hall–Kier alpha value is -6.37. The van der Waals surface area contributed by atoms with E-state index in [1.165, 1.54) is 12.1 Å². The molecule has 7 rings (SSSR count). The predicted molar refractivity (Wildman–Crippen MR) is 188 cm³/mol. The smallest absolute Gasteiger partial charge is 0.183 e. The lowest BCUT2D eigenvalue weighted by Gasteiger charge is -2.10. The molecule has 13 heteroatoms. The summed E-state index contributed by atoms with van der Waals surface area (Å²) in [6, 6.07) is 18.2. The second kappa shape index (κ2) is 14.0. The maximum atomic E-state index is 14.0. The van der Waals surface area contributed by atoms with Crippen LogP contribution in [0.25, 0.3) is 44.8 Å². The van der Waals surface area contributed by atoms with Crippen LogP contribution in [0.3, 0.4) is 0 Å². The largest absolute Gasteiger partial charge is 0.496 e. The van der Waals surface area contributed by atoms with Crippen LogP contribution in [0.4, 0.5) is 20.3 Å². The van der Waals surface area contributed by atoms with Crippen LogP contribution in [0.2, 0.25) is 0 Å². The van der Waals surface area contributed by atoms with Gasteiger partial charge >= 0.3 is 0 Å². The SMILES string of the molecule is COc1ccc(-c2cn(C)c(C)n2)cc1-c1[nH]nc2nc(Nc3ccc(F)cc3F)ccc12.COc1ccc(-c2cn(C)c(C)n2)cc1C=O. The molecule has 3 aromatic carbocycles. The van der Waals surface area contributed by atoms with E-state index in [2.05, 4.69) is 30.5 Å². The molecular formula is C37H34F2N8O3. The predicted octanol–water partition coefficient (Wildman–Crippen LogP) is 7.58. The third-order valence-corrected chi connectivity index (χ3v) is 8.25. The molecule has 0 saturated heterocycles. The quantitative estimate of drug-likeness (QED) is 0.158. The molecule has 0 saturated carbocycles. The van der Waals surface area contributed by atoms with Crippen LogP contribution < -0.4 is 14.8 Å². The van der Waals surface area contributed by atoms with Gasteiger partial charge in [0.05, 0.1) is 42.6 Å². The minimum absolute atomic E-state index is 0.124. The number of ether oxygens (including phenoxy) is 2. The number of H-pyrrole nitrogens is 1. The van der Waals surface area contributed by atoms with Gasteiger partial charge in [0.1, 0.15) is 40.6 Å². The minimum atomic E-state index is -0.703. The molecule has 0 unspecified atom stereocenters. The highest BCUT2D eigenvalue weighted by molar-refractivity contribution is 5.94. The zero-order chi connectivity index (χ0) is 35.5. The van der Waals surface area contributed by atoms with Gasteiger partial charge in [-0.3, -0.25) is 9.89 Å². The van der Waals surface area contributed by atoms with Crippen molar-refractivity contribution in [1.29, 1.82) is 0 Å². The Morgan fingerprint density at radius 1 is 0.780 bits per heavy atom. The van der Waals surface area contributed by atoms with Crippen LogP contribution in [0.5, 0.6) is 11.5 Å². The Morgan fingerprint density at radius 2 is 1.42 bits per heavy atom. The van der Waals surface area contributed by atoms with Crippen molar-refractivity contribution in [3.63, 3.8) is 0 Å². The van der Waals surface area contributed by atoms with Gasteiger partial charge in [0.2, 0.25) is 0 Å². The van der Waals surface area contributed by atoms with Gasteiger partial charge in [-0.25, -0.2) is 23.7 Å². The van der Waals surface area contributed by atoms with Gasteiger partial charge in [0.15, 0.2) is 11.9 Å². The van der Waals surface area contributed by atoms with Gasteiger partial charge in [-0.15, -0.1) is 0 Å². The van der Waals surface area contributed by atoms with Crippen LogP contribution in [-0.2, 0) is 14.1 Å². The van der Waals surface area contributed by atoms with Gasteiger partial charge in [0, 0.05) is 54.6 Å². The first kappa shape index (κ1) is 33.5. The number of anilines is 2. The minimum Gasteiger partial charge on any atom is -0.496 e. The zero-order valence-corrected chi connectivity index (χ0v) is 28.2. The second-order valence-electron chi connectivity index (χ2n) is 11.5. The van der Waals surface area contributed by atoms with E-state index >= 15 is 0 Å². The van der Waals surface area contributed by atoms with Crippen LogP contribution in [0.15, 0.2) is 79.1 Å². The van der Waals surface area contributed by atoms with E-state index < -0.39 is 11.6 Å². The number of fused-ring (bicyclic) bond motifs is 1. The summed E-state index contributed by atoms with van der Waals surface area (Å²) in [6.45, 7) is 3.89. The molecule has 0 aliphatic carbocycles. The number of nitrogens with zero attached hydrogens (tertiary/aromatic N) is 6. The Morgan fingerprint density at radius 3 is 2.00 bits per heavy atom. The maximum Gasteiger partial charge on any atom is 0.183 e. The first-order valence-electron chi connectivity index (χ1n) is 15.5. The summed E-state index contributed by atoms with van der Waals surface area (Å²) in [5.74, 6) is 2.14. The monoisotopic (exact) mass is 676 g/mol. The van der Waals surface area contributed by atoms with Crippen molar-refractivity contribution < 1.29 is 23.0 Å². The number of nitrogens with one attached hydrogen (secondary N) is 2. The number of aryl methyl sites for hydroxylation is 4. The van der Waals surface area contributed by atoms with Crippen molar-refractivity contribution in [2.24, 2.45) is 14.1 Å². The van der Waals surface area contributed by atoms with Gasteiger partial charge in [-0.05, 0) is 74.5 Å². The molecule has 0 atom stereocenters. The van der Waals surface area contributed by atoms with E-state index in [0.717, 1.165) is 63.2 Å². The molecule has 11 nitrogen and oxygen atoms in total. The lowest BCUT2D eigenvalue weighted by atomic mass is 10.0. The molecule has 0 radical (unpaired) electrons. The Bertz CT molecular complexity index is 2300. The molecule has 7 aromatic rings. The lowest BCUT2D eigenvalue weighted by molar-refractivity contribution is 0.112. The molecule has 0 bridgehead atoms. The molecule has 0 amide bonds. The number of aromatic nitrogens is 7. The van der Waals surface area contributed by atoms with Crippen LogP contribution >= 0.6 is 0 Å². The Labute approximate surface area is 286 Å². The average molecular weight is 677 g/mol. The van der Waals surface area contributed by atoms with Crippen molar-refractivity contribution in [2.75, 3.05) is 19.5 Å². The van der Waals surface area contributed by atoms with E-state index in [-0.39, 0.29) is 5.69 Å². The first-order valence-corrected chi connectivity index (χ1v) is 15.5. The summed E-state index contributed by atoms with van der Waals surface area (Å²) in [5, 5.41) is 11.0. The molecule has 4 heterocycles. The first-order chi connectivity index (χ1) is 24.1. The number of hydrogen-bond acceptors (Lipinski definition) is 8. The van der Waals surface area contributed by atoms with E-state index in [4.69, 9.17) is 9.47 Å². The standard InChI is InChI=1S/C24H20F2N6O.C13H14N2O2/c1-13-27-20(12-32(13)2)14-4-8-21(33-3)17(10-14)23-16-6-9-22(29-24(16)31-30-23)28-19-7-5-15(25)11-18(19)26;1-9-14-12(7-15(9)2)10-4-5-13(17-3)11(6-10)8-16/h4-12H,1-3H3,(H2,28,29,30,31);4-8H,1-3H3. The van der Waals surface area contributed by atoms with E-state index in [9.17, 15) is 13.6 Å². The normalized spacial score (nSPS) is 10.9. The number of aldehydes is 1. The molecule has 0 fully saturated rings. The summed E-state index contributed by atoms with van der Waals surface area (Å²) in [5.41, 5.74) is 6.22. The number of rotatable bonds is 8. The van der Waals surface area contributed by atoms with Gasteiger partial charge in [-0.1, -0.05) is 0 Å². The van der Waals surface area contributed by atoms with Gasteiger partial charge in [-0.2, -0.15) is 5.10 Å². The van der Waals surface area contributed by atoms with Crippen molar-refractivity contribution in [1.82, 2.24) is 34.3 Å². The average Bonchev–Trinajstić information content (AvgIpc) is 3.80. The Kier molecular flexibility index (Phi) is 9.39. The Balaban J connectivity index is 0.000000214. The van der Waals surface area contributed by atoms with E-state index in [0.29, 0.717) is 28.5 Å². The number of methoxy groups -OCH3 is 2. The van der Waals surface area contributed by atoms with Gasteiger partial charge < -0.3 is 23.9 Å². The van der Waals surface area contributed by atoms with Gasteiger partial charge in [0.25, 0.3) is 0 Å². The highest BCUT2D eigenvalue weighted by Crippen LogP contribution is 2.37. The third-order valence-electron chi connectivity index (χ3n) is 8.25. The van der Waals surface area contributed by atoms with Crippen molar-refractivity contribution in [3.05, 3.63) is 108 Å². The summed E-state index contributed by atoms with van der Waals surface area (Å²) in [6.07, 6.45) is 4.70. The zero-order valence-electron chi connectivity index (χ0n) is 28.2. The number of carbonyl (C=O) groups is 1. The fourth-order valence-corrected chi connectivity index (χ4v) is 5.35. The fourth-order valence-electron chi connectivity index (χ4n) is 5.35. The maximum absolute atomic E-state index is 14.0. The molecule has 50 heavy (non-hydrogen) atoms. The summed E-state index contributed by atoms with van der Waals surface area (Å²) < 4.78 is 41.7. The molecule has 254 valence electrons. The molecule has 0 aliphatic rings. The number of halogens is 2. The van der Waals surface area contributed by atoms with Crippen molar-refractivity contribution in [2.45, 2.75) is 13.8 Å². The molecule has 0 aliphatic heterocycles. The number of hydrogen-bond donors (Lipinski definition) is 2.